The maximum Gasteiger partial charge on any atom is 0.385 e. The molecular formula is C8H7BClN. The maximum atomic E-state index is 5.85. The van der Waals surface area contributed by atoms with Gasteiger partial charge >= 0.3 is 6.26 Å². The third-order valence-corrected chi connectivity index (χ3v) is 1.95. The van der Waals surface area contributed by atoms with Crippen LogP contribution in [-0.2, 0) is 0 Å². The average molecular weight is 163 g/mol. The molecule has 11 heavy (non-hydrogen) atoms. The second-order valence-electron chi connectivity index (χ2n) is 2.49. The van der Waals surface area contributed by atoms with Crippen LogP contribution in [0.5, 0.6) is 0 Å². The first-order chi connectivity index (χ1) is 5.36. The van der Waals surface area contributed by atoms with Gasteiger partial charge in [-0.05, 0) is 11.6 Å². The summed E-state index contributed by atoms with van der Waals surface area (Å²) in [5.41, 5.74) is 2.31. The molecule has 1 N–H and O–H groups in total. The van der Waals surface area contributed by atoms with Gasteiger partial charge in [0.2, 0.25) is 0 Å². The van der Waals surface area contributed by atoms with Crippen molar-refractivity contribution in [2.24, 2.45) is 0 Å². The SMILES string of the molecule is ClB1C=Cc2ccccc2N1. The Labute approximate surface area is 71.1 Å². The second-order valence-corrected chi connectivity index (χ2v) is 2.96. The molecule has 0 unspecified atom stereocenters. The van der Waals surface area contributed by atoms with Gasteiger partial charge in [-0.15, -0.1) is 0 Å². The van der Waals surface area contributed by atoms with E-state index < -0.39 is 0 Å². The van der Waals surface area contributed by atoms with E-state index in [1.807, 2.05) is 30.3 Å². The van der Waals surface area contributed by atoms with Gasteiger partial charge in [-0.1, -0.05) is 30.3 Å². The predicted molar refractivity (Wildman–Crippen MR) is 50.7 cm³/mol. The van der Waals surface area contributed by atoms with E-state index in [9.17, 15) is 0 Å². The zero-order chi connectivity index (χ0) is 7.68. The van der Waals surface area contributed by atoms with Crippen LogP contribution in [0.1, 0.15) is 5.56 Å². The lowest BCUT2D eigenvalue weighted by atomic mass is 9.86. The largest absolute Gasteiger partial charge is 0.411 e. The Morgan fingerprint density at radius 2 is 2.09 bits per heavy atom. The van der Waals surface area contributed by atoms with Crippen LogP contribution in [0.2, 0.25) is 0 Å². The van der Waals surface area contributed by atoms with Gasteiger partial charge in [0.15, 0.2) is 0 Å². The molecule has 1 aromatic carbocycles. The fourth-order valence-corrected chi connectivity index (χ4v) is 1.35. The van der Waals surface area contributed by atoms with Crippen LogP contribution in [0.15, 0.2) is 30.2 Å². The molecule has 1 aliphatic rings. The molecule has 2 rings (SSSR count). The fraction of sp³-hybridized carbons (Fsp3) is 0. The average Bonchev–Trinajstić information content (AvgIpc) is 2.04. The normalized spacial score (nSPS) is 14.1. The van der Waals surface area contributed by atoms with Crippen molar-refractivity contribution in [3.63, 3.8) is 0 Å². The zero-order valence-electron chi connectivity index (χ0n) is 5.92. The highest BCUT2D eigenvalue weighted by Gasteiger charge is 2.12. The van der Waals surface area contributed by atoms with Gasteiger partial charge < -0.3 is 5.23 Å². The Balaban J connectivity index is 2.46. The third-order valence-electron chi connectivity index (χ3n) is 1.70. The minimum absolute atomic E-state index is 0.0649. The quantitative estimate of drug-likeness (QED) is 0.579. The Kier molecular flexibility index (Phi) is 1.62. The first kappa shape index (κ1) is 6.80. The Hall–Kier alpha value is -0.885. The van der Waals surface area contributed by atoms with E-state index >= 15 is 0 Å². The summed E-state index contributed by atoms with van der Waals surface area (Å²) >= 11 is 5.85. The van der Waals surface area contributed by atoms with Crippen LogP contribution in [0, 0.1) is 0 Å². The molecular weight excluding hydrogens is 156 g/mol. The molecule has 1 aliphatic heterocycles. The van der Waals surface area contributed by atoms with E-state index in [0.717, 1.165) is 5.69 Å². The van der Waals surface area contributed by atoms with Crippen molar-refractivity contribution in [2.75, 3.05) is 5.23 Å². The van der Waals surface area contributed by atoms with Gasteiger partial charge in [0.25, 0.3) is 0 Å². The summed E-state index contributed by atoms with van der Waals surface area (Å²) in [6.07, 6.45) is 1.97. The van der Waals surface area contributed by atoms with Crippen molar-refractivity contribution in [1.29, 1.82) is 0 Å². The summed E-state index contributed by atoms with van der Waals surface area (Å²) in [5, 5.41) is 3.14. The van der Waals surface area contributed by atoms with E-state index in [1.165, 1.54) is 5.56 Å². The topological polar surface area (TPSA) is 12.0 Å². The lowest BCUT2D eigenvalue weighted by molar-refractivity contribution is 1.61. The van der Waals surface area contributed by atoms with Gasteiger partial charge in [-0.3, -0.25) is 0 Å². The molecule has 0 atom stereocenters. The summed E-state index contributed by atoms with van der Waals surface area (Å²) in [7, 11) is 0. The molecule has 1 aromatic rings. The smallest absolute Gasteiger partial charge is 0.385 e. The molecule has 0 radical (unpaired) electrons. The van der Waals surface area contributed by atoms with Crippen LogP contribution >= 0.6 is 11.5 Å². The van der Waals surface area contributed by atoms with Crippen LogP contribution < -0.4 is 5.23 Å². The summed E-state index contributed by atoms with van der Waals surface area (Å²) in [6, 6.07) is 8.09. The molecule has 1 nitrogen and oxygen atoms in total. The Bertz CT molecular complexity index is 298. The van der Waals surface area contributed by atoms with Crippen molar-refractivity contribution in [1.82, 2.24) is 0 Å². The Morgan fingerprint density at radius 1 is 1.27 bits per heavy atom. The van der Waals surface area contributed by atoms with Crippen LogP contribution in [-0.4, -0.2) is 6.26 Å². The third kappa shape index (κ3) is 1.26. The van der Waals surface area contributed by atoms with Crippen molar-refractivity contribution >= 4 is 29.5 Å². The molecule has 0 aliphatic carbocycles. The van der Waals surface area contributed by atoms with Gasteiger partial charge in [0, 0.05) is 5.69 Å². The number of nitrogens with one attached hydrogen (secondary N) is 1. The highest BCUT2D eigenvalue weighted by atomic mass is 35.5. The van der Waals surface area contributed by atoms with E-state index in [4.69, 9.17) is 11.5 Å². The Morgan fingerprint density at radius 3 is 3.00 bits per heavy atom. The number of halogens is 1. The maximum absolute atomic E-state index is 5.85. The van der Waals surface area contributed by atoms with Gasteiger partial charge in [-0.25, -0.2) is 0 Å². The van der Waals surface area contributed by atoms with E-state index in [-0.39, 0.29) is 6.26 Å². The van der Waals surface area contributed by atoms with Gasteiger partial charge in [-0.2, -0.15) is 11.5 Å². The molecule has 0 bridgehead atoms. The number of benzene rings is 1. The molecule has 0 saturated carbocycles. The molecule has 0 fully saturated rings. The van der Waals surface area contributed by atoms with E-state index in [1.54, 1.807) is 0 Å². The van der Waals surface area contributed by atoms with Crippen LogP contribution in [0.4, 0.5) is 5.69 Å². The molecule has 1 heterocycles. The number of hydrogen-bond donors (Lipinski definition) is 1. The molecule has 0 aromatic heterocycles. The zero-order valence-corrected chi connectivity index (χ0v) is 6.68. The van der Waals surface area contributed by atoms with E-state index in [2.05, 4.69) is 11.3 Å². The van der Waals surface area contributed by atoms with Crippen LogP contribution in [0.25, 0.3) is 6.08 Å². The van der Waals surface area contributed by atoms with Crippen molar-refractivity contribution < 1.29 is 0 Å². The number of hydrogen-bond acceptors (Lipinski definition) is 1. The summed E-state index contributed by atoms with van der Waals surface area (Å²) in [4.78, 5) is 0. The highest BCUT2D eigenvalue weighted by molar-refractivity contribution is 7.11. The summed E-state index contributed by atoms with van der Waals surface area (Å²) < 4.78 is 0. The fourth-order valence-electron chi connectivity index (χ4n) is 1.16. The number of anilines is 1. The molecule has 0 saturated heterocycles. The minimum atomic E-state index is -0.0649. The first-order valence-corrected chi connectivity index (χ1v) is 3.98. The van der Waals surface area contributed by atoms with Crippen LogP contribution in [0.3, 0.4) is 0 Å². The number of para-hydroxylation sites is 1. The summed E-state index contributed by atoms with van der Waals surface area (Å²) in [6.45, 7) is 0. The molecule has 54 valence electrons. The second kappa shape index (κ2) is 2.63. The first-order valence-electron chi connectivity index (χ1n) is 3.54. The van der Waals surface area contributed by atoms with Crippen molar-refractivity contribution in [2.45, 2.75) is 0 Å². The van der Waals surface area contributed by atoms with E-state index in [0.29, 0.717) is 0 Å². The minimum Gasteiger partial charge on any atom is -0.411 e. The van der Waals surface area contributed by atoms with Gasteiger partial charge in [0.1, 0.15) is 0 Å². The predicted octanol–water partition coefficient (Wildman–Crippen LogP) is 2.39. The highest BCUT2D eigenvalue weighted by Crippen LogP contribution is 2.21. The molecule has 0 amide bonds. The number of fused-ring (bicyclic) bond motifs is 1. The van der Waals surface area contributed by atoms with Crippen molar-refractivity contribution in [3.05, 3.63) is 35.8 Å². The lowest BCUT2D eigenvalue weighted by Crippen LogP contribution is -2.18. The standard InChI is InChI=1S/C8H7BClN/c10-9-6-5-7-3-1-2-4-8(7)11-9/h1-6,11H. The van der Waals surface area contributed by atoms with Crippen molar-refractivity contribution in [3.8, 4) is 0 Å². The summed E-state index contributed by atoms with van der Waals surface area (Å²) in [5.74, 6) is 1.93. The molecule has 3 heteroatoms. The molecule has 0 spiro atoms. The lowest BCUT2D eigenvalue weighted by Gasteiger charge is -2.14. The monoisotopic (exact) mass is 163 g/mol. The van der Waals surface area contributed by atoms with Gasteiger partial charge in [0.05, 0.1) is 0 Å². The number of rotatable bonds is 0.